The van der Waals surface area contributed by atoms with Crippen LogP contribution < -0.4 is 5.32 Å². The van der Waals surface area contributed by atoms with Gasteiger partial charge >= 0.3 is 0 Å². The first kappa shape index (κ1) is 14.1. The highest BCUT2D eigenvalue weighted by Crippen LogP contribution is 2.28. The minimum absolute atomic E-state index is 0.341. The Balaban J connectivity index is 1.71. The van der Waals surface area contributed by atoms with E-state index < -0.39 is 0 Å². The molecule has 1 aliphatic carbocycles. The van der Waals surface area contributed by atoms with Gasteiger partial charge in [0, 0.05) is 18.6 Å². The van der Waals surface area contributed by atoms with Gasteiger partial charge in [0.05, 0.1) is 0 Å². The molecule has 0 radical (unpaired) electrons. The maximum absolute atomic E-state index is 3.75. The minimum Gasteiger partial charge on any atom is -0.312 e. The molecule has 0 amide bonds. The largest absolute Gasteiger partial charge is 0.312 e. The van der Waals surface area contributed by atoms with Crippen molar-refractivity contribution in [3.63, 3.8) is 0 Å². The second-order valence-electron chi connectivity index (χ2n) is 7.55. The lowest BCUT2D eigenvalue weighted by molar-refractivity contribution is 0.157. The fourth-order valence-electron chi connectivity index (χ4n) is 3.65. The van der Waals surface area contributed by atoms with Gasteiger partial charge in [-0.25, -0.2) is 0 Å². The molecule has 0 spiro atoms. The first-order valence-electron chi connectivity index (χ1n) is 8.08. The van der Waals surface area contributed by atoms with Crippen LogP contribution in [-0.2, 0) is 12.8 Å². The summed E-state index contributed by atoms with van der Waals surface area (Å²) >= 11 is 0. The predicted octanol–water partition coefficient (Wildman–Crippen LogP) is 2.86. The molecule has 2 nitrogen and oxygen atoms in total. The van der Waals surface area contributed by atoms with Crippen molar-refractivity contribution in [3.8, 4) is 0 Å². The van der Waals surface area contributed by atoms with E-state index in [1.165, 1.54) is 32.4 Å². The molecule has 1 heterocycles. The molecule has 110 valence electrons. The second kappa shape index (κ2) is 5.50. The zero-order valence-electron chi connectivity index (χ0n) is 13.2. The van der Waals surface area contributed by atoms with Crippen molar-refractivity contribution in [1.29, 1.82) is 0 Å². The third-order valence-electron chi connectivity index (χ3n) is 5.02. The maximum Gasteiger partial charge on any atom is 0.0243 e. The average molecular weight is 272 g/mol. The van der Waals surface area contributed by atoms with Crippen LogP contribution in [0.3, 0.4) is 0 Å². The summed E-state index contributed by atoms with van der Waals surface area (Å²) in [4.78, 5) is 2.75. The molecule has 2 heteroatoms. The lowest BCUT2D eigenvalue weighted by Gasteiger charge is -2.36. The van der Waals surface area contributed by atoms with Crippen LogP contribution in [0.2, 0.25) is 0 Å². The fraction of sp³-hybridized carbons (Fsp3) is 0.667. The second-order valence-corrected chi connectivity index (χ2v) is 7.55. The molecule has 0 bridgehead atoms. The molecule has 3 rings (SSSR count). The molecule has 20 heavy (non-hydrogen) atoms. The Morgan fingerprint density at radius 1 is 1.10 bits per heavy atom. The van der Waals surface area contributed by atoms with Crippen LogP contribution in [0.5, 0.6) is 0 Å². The first-order valence-corrected chi connectivity index (χ1v) is 8.08. The molecule has 1 aromatic rings. The number of hydrogen-bond donors (Lipinski definition) is 1. The standard InChI is InChI=1S/C18H28N2/c1-18(2,3)17-13-20(10-6-9-19-17)16-11-14-7-4-5-8-15(14)12-16/h4-5,7-8,16-17,19H,6,9-13H2,1-3H3. The summed E-state index contributed by atoms with van der Waals surface area (Å²) in [7, 11) is 0. The highest BCUT2D eigenvalue weighted by Gasteiger charge is 2.33. The van der Waals surface area contributed by atoms with E-state index in [0.29, 0.717) is 11.5 Å². The monoisotopic (exact) mass is 272 g/mol. The predicted molar refractivity (Wildman–Crippen MR) is 85.1 cm³/mol. The molecule has 1 aromatic carbocycles. The number of nitrogens with one attached hydrogen (secondary N) is 1. The fourth-order valence-corrected chi connectivity index (χ4v) is 3.65. The highest BCUT2D eigenvalue weighted by molar-refractivity contribution is 5.33. The van der Waals surface area contributed by atoms with Gasteiger partial charge in [-0.3, -0.25) is 4.90 Å². The summed E-state index contributed by atoms with van der Waals surface area (Å²) in [5, 5.41) is 3.75. The molecule has 2 aliphatic rings. The van der Waals surface area contributed by atoms with Gasteiger partial charge in [0.25, 0.3) is 0 Å². The Morgan fingerprint density at radius 3 is 2.35 bits per heavy atom. The molecule has 0 aromatic heterocycles. The van der Waals surface area contributed by atoms with Crippen LogP contribution in [0.25, 0.3) is 0 Å². The SMILES string of the molecule is CC(C)(C)C1CN(C2Cc3ccccc3C2)CCCN1. The number of benzene rings is 1. The minimum atomic E-state index is 0.341. The Hall–Kier alpha value is -0.860. The van der Waals surface area contributed by atoms with E-state index in [1.807, 2.05) is 0 Å². The zero-order chi connectivity index (χ0) is 14.2. The topological polar surface area (TPSA) is 15.3 Å². The van der Waals surface area contributed by atoms with Gasteiger partial charge in [0.15, 0.2) is 0 Å². The van der Waals surface area contributed by atoms with Crippen molar-refractivity contribution in [3.05, 3.63) is 35.4 Å². The number of fused-ring (bicyclic) bond motifs is 1. The lowest BCUT2D eigenvalue weighted by atomic mass is 9.86. The summed E-state index contributed by atoms with van der Waals surface area (Å²) in [6.07, 6.45) is 3.76. The maximum atomic E-state index is 3.75. The molecule has 1 unspecified atom stereocenters. The van der Waals surface area contributed by atoms with Crippen molar-refractivity contribution in [2.24, 2.45) is 5.41 Å². The molecule has 1 fully saturated rings. The quantitative estimate of drug-likeness (QED) is 0.845. The van der Waals surface area contributed by atoms with Gasteiger partial charge in [-0.2, -0.15) is 0 Å². The van der Waals surface area contributed by atoms with Crippen LogP contribution in [0.1, 0.15) is 38.3 Å². The summed E-state index contributed by atoms with van der Waals surface area (Å²) in [6, 6.07) is 10.3. The van der Waals surface area contributed by atoms with Crippen molar-refractivity contribution in [1.82, 2.24) is 10.2 Å². The Morgan fingerprint density at radius 2 is 1.75 bits per heavy atom. The van der Waals surface area contributed by atoms with Gasteiger partial charge in [0.1, 0.15) is 0 Å². The van der Waals surface area contributed by atoms with E-state index >= 15 is 0 Å². The smallest absolute Gasteiger partial charge is 0.0243 e. The van der Waals surface area contributed by atoms with E-state index in [4.69, 9.17) is 0 Å². The molecule has 1 aliphatic heterocycles. The summed E-state index contributed by atoms with van der Waals surface area (Å²) in [5.74, 6) is 0. The van der Waals surface area contributed by atoms with E-state index in [-0.39, 0.29) is 0 Å². The Labute approximate surface area is 123 Å². The van der Waals surface area contributed by atoms with Crippen molar-refractivity contribution in [2.45, 2.75) is 52.1 Å². The molecular formula is C18H28N2. The van der Waals surface area contributed by atoms with Crippen LogP contribution in [0.15, 0.2) is 24.3 Å². The van der Waals surface area contributed by atoms with Crippen molar-refractivity contribution < 1.29 is 0 Å². The van der Waals surface area contributed by atoms with Crippen molar-refractivity contribution in [2.75, 3.05) is 19.6 Å². The summed E-state index contributed by atoms with van der Waals surface area (Å²) < 4.78 is 0. The van der Waals surface area contributed by atoms with Gasteiger partial charge in [0.2, 0.25) is 0 Å². The summed E-state index contributed by atoms with van der Waals surface area (Å²) in [5.41, 5.74) is 3.48. The molecule has 1 N–H and O–H groups in total. The van der Waals surface area contributed by atoms with E-state index in [2.05, 4.69) is 55.3 Å². The molecule has 0 saturated carbocycles. The van der Waals surface area contributed by atoms with Gasteiger partial charge in [-0.05, 0) is 48.9 Å². The van der Waals surface area contributed by atoms with Crippen LogP contribution in [-0.4, -0.2) is 36.6 Å². The van der Waals surface area contributed by atoms with E-state index in [0.717, 1.165) is 12.6 Å². The number of nitrogens with zero attached hydrogens (tertiary/aromatic N) is 1. The van der Waals surface area contributed by atoms with Crippen molar-refractivity contribution >= 4 is 0 Å². The van der Waals surface area contributed by atoms with E-state index in [1.54, 1.807) is 11.1 Å². The van der Waals surface area contributed by atoms with Crippen LogP contribution in [0, 0.1) is 5.41 Å². The Kier molecular flexibility index (Phi) is 3.87. The molecular weight excluding hydrogens is 244 g/mol. The molecule has 1 atom stereocenters. The lowest BCUT2D eigenvalue weighted by Crippen LogP contribution is -2.49. The van der Waals surface area contributed by atoms with E-state index in [9.17, 15) is 0 Å². The summed E-state index contributed by atoms with van der Waals surface area (Å²) in [6.45, 7) is 10.7. The number of rotatable bonds is 1. The molecule has 1 saturated heterocycles. The normalized spacial score (nSPS) is 25.4. The van der Waals surface area contributed by atoms with Gasteiger partial charge < -0.3 is 5.32 Å². The number of hydrogen-bond acceptors (Lipinski definition) is 2. The van der Waals surface area contributed by atoms with Crippen LogP contribution >= 0.6 is 0 Å². The average Bonchev–Trinajstić information content (AvgIpc) is 2.65. The zero-order valence-corrected chi connectivity index (χ0v) is 13.2. The first-order chi connectivity index (χ1) is 9.54. The van der Waals surface area contributed by atoms with Crippen LogP contribution in [0.4, 0.5) is 0 Å². The van der Waals surface area contributed by atoms with Gasteiger partial charge in [-0.1, -0.05) is 45.0 Å². The highest BCUT2D eigenvalue weighted by atomic mass is 15.2. The third-order valence-corrected chi connectivity index (χ3v) is 5.02. The van der Waals surface area contributed by atoms with Gasteiger partial charge in [-0.15, -0.1) is 0 Å². The third kappa shape index (κ3) is 2.91. The Bertz CT molecular complexity index is 436.